The van der Waals surface area contributed by atoms with Crippen molar-refractivity contribution in [2.24, 2.45) is 0 Å². The summed E-state index contributed by atoms with van der Waals surface area (Å²) >= 11 is 0. The van der Waals surface area contributed by atoms with Crippen LogP contribution in [0.2, 0.25) is 0 Å². The van der Waals surface area contributed by atoms with Crippen molar-refractivity contribution >= 4 is 23.0 Å². The van der Waals surface area contributed by atoms with E-state index in [-0.39, 0.29) is 29.2 Å². The standard InChI is InChI=1S/C20H17N3O4/c1-3-27-20(25)16-9-6-14-10-13(11-21)17(22)18(23(14)16)19(24)12-4-7-15(26-2)8-5-12/h4-10H,3,22H2,1-2H3. The zero-order valence-electron chi connectivity index (χ0n) is 14.9. The van der Waals surface area contributed by atoms with Crippen LogP contribution >= 0.6 is 0 Å². The largest absolute Gasteiger partial charge is 0.497 e. The Kier molecular flexibility index (Phi) is 4.81. The molecule has 0 unspecified atom stereocenters. The van der Waals surface area contributed by atoms with E-state index in [1.54, 1.807) is 43.3 Å². The average molecular weight is 363 g/mol. The van der Waals surface area contributed by atoms with Crippen molar-refractivity contribution in [3.8, 4) is 11.8 Å². The Hall–Kier alpha value is -3.79. The van der Waals surface area contributed by atoms with Gasteiger partial charge in [0.1, 0.15) is 23.2 Å². The maximum atomic E-state index is 13.2. The number of carbonyl (C=O) groups is 2. The molecule has 0 fully saturated rings. The lowest BCUT2D eigenvalue weighted by molar-refractivity contribution is 0.0518. The van der Waals surface area contributed by atoms with Crippen LogP contribution in [0.3, 0.4) is 0 Å². The molecule has 0 radical (unpaired) electrons. The molecule has 7 nitrogen and oxygen atoms in total. The van der Waals surface area contributed by atoms with Crippen molar-refractivity contribution in [2.75, 3.05) is 19.5 Å². The molecule has 3 rings (SSSR count). The molecule has 0 saturated carbocycles. The Morgan fingerprint density at radius 2 is 1.89 bits per heavy atom. The highest BCUT2D eigenvalue weighted by Gasteiger charge is 2.24. The van der Waals surface area contributed by atoms with Gasteiger partial charge in [-0.1, -0.05) is 0 Å². The van der Waals surface area contributed by atoms with E-state index in [1.807, 2.05) is 6.07 Å². The van der Waals surface area contributed by atoms with E-state index in [9.17, 15) is 14.9 Å². The average Bonchev–Trinajstić information content (AvgIpc) is 3.10. The van der Waals surface area contributed by atoms with E-state index >= 15 is 0 Å². The molecule has 2 N–H and O–H groups in total. The number of nitriles is 1. The lowest BCUT2D eigenvalue weighted by Crippen LogP contribution is -2.17. The van der Waals surface area contributed by atoms with Crippen LogP contribution in [0.4, 0.5) is 5.69 Å². The zero-order chi connectivity index (χ0) is 19.6. The number of pyridine rings is 1. The van der Waals surface area contributed by atoms with Gasteiger partial charge in [-0.25, -0.2) is 4.79 Å². The van der Waals surface area contributed by atoms with E-state index in [0.717, 1.165) is 0 Å². The fourth-order valence-electron chi connectivity index (χ4n) is 2.85. The molecule has 3 aromatic rings. The van der Waals surface area contributed by atoms with Crippen molar-refractivity contribution in [1.82, 2.24) is 4.40 Å². The molecule has 0 amide bonds. The molecule has 0 aliphatic heterocycles. The Morgan fingerprint density at radius 1 is 1.19 bits per heavy atom. The molecule has 2 aromatic heterocycles. The van der Waals surface area contributed by atoms with Crippen LogP contribution in [0, 0.1) is 11.3 Å². The second kappa shape index (κ2) is 7.22. The minimum absolute atomic E-state index is 0.00701. The van der Waals surface area contributed by atoms with Gasteiger partial charge in [-0.15, -0.1) is 0 Å². The number of aromatic nitrogens is 1. The summed E-state index contributed by atoms with van der Waals surface area (Å²) in [4.78, 5) is 25.5. The number of nitrogens with zero attached hydrogens (tertiary/aromatic N) is 2. The van der Waals surface area contributed by atoms with Gasteiger partial charge in [0.25, 0.3) is 0 Å². The normalized spacial score (nSPS) is 10.4. The summed E-state index contributed by atoms with van der Waals surface area (Å²) < 4.78 is 11.6. The number of anilines is 1. The van der Waals surface area contributed by atoms with Gasteiger partial charge < -0.3 is 15.2 Å². The Balaban J connectivity index is 2.26. The fraction of sp³-hybridized carbons (Fsp3) is 0.150. The minimum atomic E-state index is -0.578. The maximum Gasteiger partial charge on any atom is 0.355 e. The first kappa shape index (κ1) is 18.0. The van der Waals surface area contributed by atoms with Gasteiger partial charge in [-0.05, 0) is 49.4 Å². The molecule has 27 heavy (non-hydrogen) atoms. The third kappa shape index (κ3) is 3.09. The summed E-state index contributed by atoms with van der Waals surface area (Å²) in [7, 11) is 1.53. The molecular weight excluding hydrogens is 346 g/mol. The molecule has 0 atom stereocenters. The number of methoxy groups -OCH3 is 1. The minimum Gasteiger partial charge on any atom is -0.497 e. The van der Waals surface area contributed by atoms with Crippen LogP contribution in [0.1, 0.15) is 39.0 Å². The predicted molar refractivity (Wildman–Crippen MR) is 98.9 cm³/mol. The summed E-state index contributed by atoms with van der Waals surface area (Å²) in [6, 6.07) is 13.2. The number of hydrogen-bond donors (Lipinski definition) is 1. The number of ether oxygens (including phenoxy) is 2. The van der Waals surface area contributed by atoms with Crippen LogP contribution in [-0.4, -0.2) is 29.9 Å². The van der Waals surface area contributed by atoms with Crippen LogP contribution in [0.5, 0.6) is 5.75 Å². The lowest BCUT2D eigenvalue weighted by Gasteiger charge is -2.13. The Labute approximate surface area is 155 Å². The highest BCUT2D eigenvalue weighted by atomic mass is 16.5. The van der Waals surface area contributed by atoms with Gasteiger partial charge in [-0.2, -0.15) is 5.26 Å². The molecular formula is C20H17N3O4. The van der Waals surface area contributed by atoms with E-state index in [1.165, 1.54) is 17.6 Å². The van der Waals surface area contributed by atoms with Crippen molar-refractivity contribution in [1.29, 1.82) is 5.26 Å². The topological polar surface area (TPSA) is 107 Å². The number of ketones is 1. The number of carbonyl (C=O) groups excluding carboxylic acids is 2. The number of nitrogen functional groups attached to an aromatic ring is 1. The van der Waals surface area contributed by atoms with Crippen LogP contribution in [0.25, 0.3) is 5.52 Å². The second-order valence-electron chi connectivity index (χ2n) is 5.69. The first-order chi connectivity index (χ1) is 13.0. The van der Waals surface area contributed by atoms with E-state index in [2.05, 4.69) is 0 Å². The van der Waals surface area contributed by atoms with Crippen molar-refractivity contribution in [2.45, 2.75) is 6.92 Å². The summed E-state index contributed by atoms with van der Waals surface area (Å²) in [5.41, 5.74) is 7.34. The fourth-order valence-corrected chi connectivity index (χ4v) is 2.85. The van der Waals surface area contributed by atoms with Gasteiger partial charge in [0.05, 0.1) is 25.0 Å². The molecule has 2 heterocycles. The van der Waals surface area contributed by atoms with Gasteiger partial charge >= 0.3 is 5.97 Å². The number of fused-ring (bicyclic) bond motifs is 1. The number of benzene rings is 1. The molecule has 0 saturated heterocycles. The predicted octanol–water partition coefficient (Wildman–Crippen LogP) is 2.81. The molecule has 1 aromatic carbocycles. The summed E-state index contributed by atoms with van der Waals surface area (Å²) in [6.07, 6.45) is 0. The zero-order valence-corrected chi connectivity index (χ0v) is 14.9. The Bertz CT molecular complexity index is 1080. The molecule has 136 valence electrons. The first-order valence-corrected chi connectivity index (χ1v) is 8.21. The van der Waals surface area contributed by atoms with Gasteiger partial charge in [-0.3, -0.25) is 9.20 Å². The third-order valence-electron chi connectivity index (χ3n) is 4.14. The number of nitrogens with two attached hydrogens (primary N) is 1. The van der Waals surface area contributed by atoms with E-state index < -0.39 is 11.8 Å². The van der Waals surface area contributed by atoms with Crippen molar-refractivity contribution in [3.05, 3.63) is 65.0 Å². The summed E-state index contributed by atoms with van der Waals surface area (Å²) in [5, 5.41) is 9.36. The monoisotopic (exact) mass is 363 g/mol. The SMILES string of the molecule is CCOC(=O)c1ccc2cc(C#N)c(N)c(C(=O)c3ccc(OC)cc3)n12. The maximum absolute atomic E-state index is 13.2. The smallest absolute Gasteiger partial charge is 0.355 e. The van der Waals surface area contributed by atoms with Crippen molar-refractivity contribution in [3.63, 3.8) is 0 Å². The third-order valence-corrected chi connectivity index (χ3v) is 4.14. The highest BCUT2D eigenvalue weighted by Crippen LogP contribution is 2.27. The quantitative estimate of drug-likeness (QED) is 0.552. The van der Waals surface area contributed by atoms with Gasteiger partial charge in [0.2, 0.25) is 5.78 Å². The van der Waals surface area contributed by atoms with Gasteiger partial charge in [0.15, 0.2) is 0 Å². The summed E-state index contributed by atoms with van der Waals surface area (Å²) in [5.74, 6) is -0.395. The second-order valence-corrected chi connectivity index (χ2v) is 5.69. The number of rotatable bonds is 5. The highest BCUT2D eigenvalue weighted by molar-refractivity contribution is 6.12. The van der Waals surface area contributed by atoms with Crippen LogP contribution < -0.4 is 10.5 Å². The first-order valence-electron chi connectivity index (χ1n) is 8.21. The lowest BCUT2D eigenvalue weighted by atomic mass is 10.0. The molecule has 0 spiro atoms. The van der Waals surface area contributed by atoms with E-state index in [4.69, 9.17) is 15.2 Å². The van der Waals surface area contributed by atoms with Crippen LogP contribution in [0.15, 0.2) is 42.5 Å². The Morgan fingerprint density at radius 3 is 2.48 bits per heavy atom. The molecule has 7 heteroatoms. The summed E-state index contributed by atoms with van der Waals surface area (Å²) in [6.45, 7) is 1.89. The van der Waals surface area contributed by atoms with E-state index in [0.29, 0.717) is 16.8 Å². The number of esters is 1. The molecule has 0 aliphatic rings. The molecule has 0 bridgehead atoms. The molecule has 0 aliphatic carbocycles. The van der Waals surface area contributed by atoms with Gasteiger partial charge in [0, 0.05) is 11.1 Å². The van der Waals surface area contributed by atoms with Crippen molar-refractivity contribution < 1.29 is 19.1 Å². The number of hydrogen-bond acceptors (Lipinski definition) is 6. The van der Waals surface area contributed by atoms with Crippen LogP contribution in [-0.2, 0) is 4.74 Å².